The highest BCUT2D eigenvalue weighted by Gasteiger charge is 2.23. The molecule has 0 aliphatic carbocycles. The van der Waals surface area contributed by atoms with Crippen LogP contribution in [0.4, 0.5) is 0 Å². The zero-order valence-electron chi connectivity index (χ0n) is 10.7. The van der Waals surface area contributed by atoms with E-state index in [9.17, 15) is 4.79 Å². The minimum atomic E-state index is -0.140. The molecule has 0 saturated carbocycles. The van der Waals surface area contributed by atoms with Crippen LogP contribution in [0.3, 0.4) is 0 Å². The second-order valence-electron chi connectivity index (χ2n) is 4.42. The standard InChI is InChI=1S/C14H15N3O2/c1-2-7-15-14(18)13-11-8-19-12-6-4-3-5-10(12)17(11)9-16-13/h3-6,9H,2,7-8H2,1H3,(H,15,18). The number of nitrogens with zero attached hydrogens (tertiary/aromatic N) is 2. The number of para-hydroxylation sites is 2. The van der Waals surface area contributed by atoms with Gasteiger partial charge in [-0.1, -0.05) is 19.1 Å². The molecule has 19 heavy (non-hydrogen) atoms. The number of benzene rings is 1. The van der Waals surface area contributed by atoms with Gasteiger partial charge in [0.25, 0.3) is 5.91 Å². The van der Waals surface area contributed by atoms with Crippen LogP contribution >= 0.6 is 0 Å². The van der Waals surface area contributed by atoms with Crippen LogP contribution in [0.5, 0.6) is 5.75 Å². The molecule has 1 aromatic carbocycles. The predicted octanol–water partition coefficient (Wildman–Crippen LogP) is 1.90. The molecule has 5 nitrogen and oxygen atoms in total. The van der Waals surface area contributed by atoms with Gasteiger partial charge in [0.1, 0.15) is 18.7 Å². The summed E-state index contributed by atoms with van der Waals surface area (Å²) in [6, 6.07) is 7.73. The van der Waals surface area contributed by atoms with Crippen molar-refractivity contribution >= 4 is 5.91 Å². The van der Waals surface area contributed by atoms with Crippen LogP contribution in [0, 0.1) is 0 Å². The molecule has 0 atom stereocenters. The topological polar surface area (TPSA) is 56.2 Å². The third-order valence-corrected chi connectivity index (χ3v) is 3.11. The van der Waals surface area contributed by atoms with Crippen molar-refractivity contribution < 1.29 is 9.53 Å². The third-order valence-electron chi connectivity index (χ3n) is 3.11. The molecule has 1 aliphatic rings. The molecule has 1 aromatic heterocycles. The minimum Gasteiger partial charge on any atom is -0.485 e. The van der Waals surface area contributed by atoms with Crippen LogP contribution in [0.2, 0.25) is 0 Å². The number of hydrogen-bond donors (Lipinski definition) is 1. The zero-order valence-corrected chi connectivity index (χ0v) is 10.7. The fourth-order valence-corrected chi connectivity index (χ4v) is 2.16. The van der Waals surface area contributed by atoms with Gasteiger partial charge in [-0.3, -0.25) is 9.36 Å². The van der Waals surface area contributed by atoms with E-state index in [1.807, 2.05) is 35.8 Å². The fraction of sp³-hybridized carbons (Fsp3) is 0.286. The first kappa shape index (κ1) is 11.8. The van der Waals surface area contributed by atoms with Crippen LogP contribution in [0.25, 0.3) is 5.69 Å². The van der Waals surface area contributed by atoms with Crippen LogP contribution in [-0.2, 0) is 6.61 Å². The number of amides is 1. The van der Waals surface area contributed by atoms with Gasteiger partial charge >= 0.3 is 0 Å². The summed E-state index contributed by atoms with van der Waals surface area (Å²) in [5.41, 5.74) is 2.17. The molecule has 0 radical (unpaired) electrons. The quantitative estimate of drug-likeness (QED) is 0.913. The van der Waals surface area contributed by atoms with Gasteiger partial charge in [0.05, 0.1) is 11.4 Å². The van der Waals surface area contributed by atoms with Gasteiger partial charge < -0.3 is 10.1 Å². The van der Waals surface area contributed by atoms with Crippen molar-refractivity contribution in [2.75, 3.05) is 6.54 Å². The number of carbonyl (C=O) groups excluding carboxylic acids is 1. The molecule has 2 heterocycles. The summed E-state index contributed by atoms with van der Waals surface area (Å²) in [4.78, 5) is 16.2. The molecule has 2 aromatic rings. The Bertz CT molecular complexity index is 619. The van der Waals surface area contributed by atoms with Crippen molar-refractivity contribution in [1.29, 1.82) is 0 Å². The lowest BCUT2D eigenvalue weighted by molar-refractivity contribution is 0.0946. The van der Waals surface area contributed by atoms with E-state index in [0.29, 0.717) is 18.8 Å². The lowest BCUT2D eigenvalue weighted by Gasteiger charge is -2.20. The summed E-state index contributed by atoms with van der Waals surface area (Å²) in [5.74, 6) is 0.673. The summed E-state index contributed by atoms with van der Waals surface area (Å²) >= 11 is 0. The SMILES string of the molecule is CCCNC(=O)c1ncn2c1COc1ccccc1-2. The molecule has 1 N–H and O–H groups in total. The first-order valence-electron chi connectivity index (χ1n) is 6.38. The lowest BCUT2D eigenvalue weighted by Crippen LogP contribution is -2.26. The smallest absolute Gasteiger partial charge is 0.271 e. The van der Waals surface area contributed by atoms with E-state index in [1.54, 1.807) is 6.33 Å². The van der Waals surface area contributed by atoms with Gasteiger partial charge in [-0.15, -0.1) is 0 Å². The number of carbonyl (C=O) groups is 1. The largest absolute Gasteiger partial charge is 0.485 e. The van der Waals surface area contributed by atoms with Crippen LogP contribution in [0.15, 0.2) is 30.6 Å². The maximum Gasteiger partial charge on any atom is 0.271 e. The van der Waals surface area contributed by atoms with E-state index in [4.69, 9.17) is 4.74 Å². The molecule has 0 fully saturated rings. The number of nitrogens with one attached hydrogen (secondary N) is 1. The number of imidazole rings is 1. The van der Waals surface area contributed by atoms with E-state index >= 15 is 0 Å². The van der Waals surface area contributed by atoms with Crippen molar-refractivity contribution in [2.45, 2.75) is 20.0 Å². The van der Waals surface area contributed by atoms with Crippen molar-refractivity contribution in [2.24, 2.45) is 0 Å². The average molecular weight is 257 g/mol. The molecule has 1 amide bonds. The first-order chi connectivity index (χ1) is 9.31. The van der Waals surface area contributed by atoms with Crippen LogP contribution in [0.1, 0.15) is 29.5 Å². The Morgan fingerprint density at radius 1 is 1.47 bits per heavy atom. The molecule has 1 aliphatic heterocycles. The normalized spacial score (nSPS) is 12.3. The molecule has 0 unspecified atom stereocenters. The maximum absolute atomic E-state index is 12.0. The van der Waals surface area contributed by atoms with Crippen molar-refractivity contribution in [3.8, 4) is 11.4 Å². The summed E-state index contributed by atoms with van der Waals surface area (Å²) < 4.78 is 7.58. The van der Waals surface area contributed by atoms with Gasteiger partial charge in [0, 0.05) is 6.54 Å². The van der Waals surface area contributed by atoms with Gasteiger partial charge in [-0.25, -0.2) is 4.98 Å². The number of rotatable bonds is 3. The number of aromatic nitrogens is 2. The Kier molecular flexibility index (Phi) is 2.95. The molecular weight excluding hydrogens is 242 g/mol. The zero-order chi connectivity index (χ0) is 13.2. The molecule has 3 rings (SSSR count). The highest BCUT2D eigenvalue weighted by molar-refractivity contribution is 5.93. The van der Waals surface area contributed by atoms with E-state index in [-0.39, 0.29) is 5.91 Å². The second kappa shape index (κ2) is 4.76. The Morgan fingerprint density at radius 3 is 3.16 bits per heavy atom. The summed E-state index contributed by atoms with van der Waals surface area (Å²) in [6.45, 7) is 3.04. The average Bonchev–Trinajstić information content (AvgIpc) is 2.89. The second-order valence-corrected chi connectivity index (χ2v) is 4.42. The minimum absolute atomic E-state index is 0.140. The summed E-state index contributed by atoms with van der Waals surface area (Å²) in [6.07, 6.45) is 2.58. The van der Waals surface area contributed by atoms with Gasteiger partial charge in [-0.2, -0.15) is 0 Å². The van der Waals surface area contributed by atoms with Crippen LogP contribution < -0.4 is 10.1 Å². The van der Waals surface area contributed by atoms with Crippen molar-refractivity contribution in [1.82, 2.24) is 14.9 Å². The molecule has 0 saturated heterocycles. The van der Waals surface area contributed by atoms with E-state index in [2.05, 4.69) is 10.3 Å². The predicted molar refractivity (Wildman–Crippen MR) is 70.5 cm³/mol. The Morgan fingerprint density at radius 2 is 2.32 bits per heavy atom. The number of fused-ring (bicyclic) bond motifs is 3. The first-order valence-corrected chi connectivity index (χ1v) is 6.38. The Balaban J connectivity index is 1.97. The maximum atomic E-state index is 12.0. The number of hydrogen-bond acceptors (Lipinski definition) is 3. The van der Waals surface area contributed by atoms with Crippen molar-refractivity contribution in [3.63, 3.8) is 0 Å². The summed E-state index contributed by atoms with van der Waals surface area (Å²) in [5, 5.41) is 2.84. The van der Waals surface area contributed by atoms with Crippen LogP contribution in [-0.4, -0.2) is 22.0 Å². The molecular formula is C14H15N3O2. The van der Waals surface area contributed by atoms with Gasteiger partial charge in [0.15, 0.2) is 5.69 Å². The van der Waals surface area contributed by atoms with Gasteiger partial charge in [0.2, 0.25) is 0 Å². The van der Waals surface area contributed by atoms with E-state index in [0.717, 1.165) is 23.6 Å². The van der Waals surface area contributed by atoms with Crippen molar-refractivity contribution in [3.05, 3.63) is 42.0 Å². The van der Waals surface area contributed by atoms with E-state index in [1.165, 1.54) is 0 Å². The Hall–Kier alpha value is -2.30. The molecule has 0 bridgehead atoms. The molecule has 98 valence electrons. The fourth-order valence-electron chi connectivity index (χ4n) is 2.16. The third kappa shape index (κ3) is 1.97. The highest BCUT2D eigenvalue weighted by Crippen LogP contribution is 2.30. The summed E-state index contributed by atoms with van der Waals surface area (Å²) in [7, 11) is 0. The lowest BCUT2D eigenvalue weighted by atomic mass is 10.2. The monoisotopic (exact) mass is 257 g/mol. The molecule has 0 spiro atoms. The number of ether oxygens (including phenoxy) is 1. The van der Waals surface area contributed by atoms with E-state index < -0.39 is 0 Å². The molecule has 5 heteroatoms. The van der Waals surface area contributed by atoms with Gasteiger partial charge in [-0.05, 0) is 18.6 Å². The Labute approximate surface area is 111 Å². The highest BCUT2D eigenvalue weighted by atomic mass is 16.5.